The average Bonchev–Trinajstić information content (AvgIpc) is 2.67. The van der Waals surface area contributed by atoms with Crippen LogP contribution >= 0.6 is 0 Å². The lowest BCUT2D eigenvalue weighted by Crippen LogP contribution is -2.31. The summed E-state index contributed by atoms with van der Waals surface area (Å²) >= 11 is 0. The zero-order chi connectivity index (χ0) is 13.0. The molecule has 1 heterocycles. The molecule has 1 N–H and O–H groups in total. The molecule has 6 nitrogen and oxygen atoms in total. The molecular weight excluding hydrogens is 238 g/mol. The van der Waals surface area contributed by atoms with E-state index >= 15 is 0 Å². The molecule has 0 saturated carbocycles. The minimum atomic E-state index is -0.944. The van der Waals surface area contributed by atoms with Crippen molar-refractivity contribution in [2.24, 2.45) is 0 Å². The number of carbonyl (C=O) groups excluding carboxylic acids is 3. The van der Waals surface area contributed by atoms with Crippen molar-refractivity contribution < 1.29 is 23.9 Å². The summed E-state index contributed by atoms with van der Waals surface area (Å²) in [5.74, 6) is -1.32. The molecule has 6 heteroatoms. The first kappa shape index (κ1) is 12.1. The van der Waals surface area contributed by atoms with Gasteiger partial charge in [-0.05, 0) is 5.56 Å². The predicted molar refractivity (Wildman–Crippen MR) is 59.3 cm³/mol. The van der Waals surface area contributed by atoms with E-state index in [0.29, 0.717) is 0 Å². The second-order valence-corrected chi connectivity index (χ2v) is 3.76. The van der Waals surface area contributed by atoms with Crippen molar-refractivity contribution in [3.8, 4) is 0 Å². The first-order chi connectivity index (χ1) is 8.65. The molecule has 1 amide bonds. The maximum atomic E-state index is 11.4. The molecular formula is C12H11NO5. The lowest BCUT2D eigenvalue weighted by Gasteiger charge is -2.06. The molecule has 1 aromatic rings. The van der Waals surface area contributed by atoms with Crippen molar-refractivity contribution in [3.05, 3.63) is 35.9 Å². The number of ether oxygens (including phenoxy) is 2. The standard InChI is InChI=1S/C12H11NO5/c14-10(6-9-11(15)18-12(16)13-9)17-7-8-4-2-1-3-5-8/h1-5,9H,6-7H2,(H,13,16)/t9-/m1/s1. The molecule has 1 saturated heterocycles. The maximum absolute atomic E-state index is 11.4. The molecule has 1 aromatic carbocycles. The molecule has 2 rings (SSSR count). The number of esters is 2. The van der Waals surface area contributed by atoms with Gasteiger partial charge < -0.3 is 14.8 Å². The van der Waals surface area contributed by atoms with E-state index in [4.69, 9.17) is 4.74 Å². The number of cyclic esters (lactones) is 2. The lowest BCUT2D eigenvalue weighted by atomic mass is 10.2. The van der Waals surface area contributed by atoms with E-state index in [9.17, 15) is 14.4 Å². The third-order valence-corrected chi connectivity index (χ3v) is 2.38. The van der Waals surface area contributed by atoms with Crippen LogP contribution in [0.5, 0.6) is 0 Å². The molecule has 0 aromatic heterocycles. The van der Waals surface area contributed by atoms with Gasteiger partial charge in [0.1, 0.15) is 12.6 Å². The minimum absolute atomic E-state index is 0.134. The Morgan fingerprint density at radius 3 is 2.61 bits per heavy atom. The molecule has 0 radical (unpaired) electrons. The molecule has 0 aliphatic carbocycles. The summed E-state index contributed by atoms with van der Waals surface area (Å²) in [7, 11) is 0. The monoisotopic (exact) mass is 249 g/mol. The predicted octanol–water partition coefficient (Wildman–Crippen LogP) is 0.755. The minimum Gasteiger partial charge on any atom is -0.461 e. The van der Waals surface area contributed by atoms with Gasteiger partial charge in [0.25, 0.3) is 0 Å². The van der Waals surface area contributed by atoms with E-state index in [1.807, 2.05) is 30.3 Å². The van der Waals surface area contributed by atoms with E-state index in [-0.39, 0.29) is 13.0 Å². The molecule has 1 aliphatic rings. The second kappa shape index (κ2) is 5.31. The normalized spacial score (nSPS) is 18.1. The number of amides is 1. The van der Waals surface area contributed by atoms with Crippen LogP contribution in [-0.2, 0) is 25.7 Å². The summed E-state index contributed by atoms with van der Waals surface area (Å²) in [5, 5.41) is 2.22. The summed E-state index contributed by atoms with van der Waals surface area (Å²) in [6.45, 7) is 0.134. The van der Waals surface area contributed by atoms with Gasteiger partial charge in [0.05, 0.1) is 6.42 Å². The fourth-order valence-electron chi connectivity index (χ4n) is 1.49. The third-order valence-electron chi connectivity index (χ3n) is 2.38. The Kier molecular flexibility index (Phi) is 3.57. The van der Waals surface area contributed by atoms with Crippen LogP contribution in [0.1, 0.15) is 12.0 Å². The van der Waals surface area contributed by atoms with Gasteiger partial charge in [-0.3, -0.25) is 4.79 Å². The van der Waals surface area contributed by atoms with E-state index in [2.05, 4.69) is 10.1 Å². The van der Waals surface area contributed by atoms with Gasteiger partial charge in [-0.2, -0.15) is 0 Å². The van der Waals surface area contributed by atoms with E-state index in [1.165, 1.54) is 0 Å². The van der Waals surface area contributed by atoms with Crippen LogP contribution in [0.25, 0.3) is 0 Å². The maximum Gasteiger partial charge on any atom is 0.415 e. The topological polar surface area (TPSA) is 81.7 Å². The SMILES string of the molecule is O=C(C[C@H]1NC(=O)OC1=O)OCc1ccccc1. The van der Waals surface area contributed by atoms with Gasteiger partial charge in [-0.1, -0.05) is 30.3 Å². The van der Waals surface area contributed by atoms with Crippen LogP contribution in [0.3, 0.4) is 0 Å². The van der Waals surface area contributed by atoms with Gasteiger partial charge in [0.15, 0.2) is 0 Å². The Morgan fingerprint density at radius 1 is 1.28 bits per heavy atom. The zero-order valence-electron chi connectivity index (χ0n) is 9.42. The van der Waals surface area contributed by atoms with Gasteiger partial charge >= 0.3 is 18.0 Å². The van der Waals surface area contributed by atoms with Gasteiger partial charge in [-0.15, -0.1) is 0 Å². The van der Waals surface area contributed by atoms with Crippen LogP contribution in [0.15, 0.2) is 30.3 Å². The lowest BCUT2D eigenvalue weighted by molar-refractivity contribution is -0.148. The summed E-state index contributed by atoms with van der Waals surface area (Å²) in [6, 6.07) is 8.21. The van der Waals surface area contributed by atoms with Crippen molar-refractivity contribution in [3.63, 3.8) is 0 Å². The molecule has 18 heavy (non-hydrogen) atoms. The van der Waals surface area contributed by atoms with Crippen LogP contribution in [0, 0.1) is 0 Å². The summed E-state index contributed by atoms with van der Waals surface area (Å²) < 4.78 is 9.22. The van der Waals surface area contributed by atoms with Crippen LogP contribution < -0.4 is 5.32 Å². The number of carbonyl (C=O) groups is 3. The second-order valence-electron chi connectivity index (χ2n) is 3.76. The Labute approximate surface area is 103 Å². The molecule has 0 bridgehead atoms. The third kappa shape index (κ3) is 3.07. The highest BCUT2D eigenvalue weighted by Crippen LogP contribution is 2.07. The number of benzene rings is 1. The Hall–Kier alpha value is -2.37. The van der Waals surface area contributed by atoms with E-state index in [1.54, 1.807) is 0 Å². The Balaban J connectivity index is 1.79. The van der Waals surface area contributed by atoms with Crippen molar-refractivity contribution in [1.82, 2.24) is 5.32 Å². The van der Waals surface area contributed by atoms with Crippen LogP contribution in [-0.4, -0.2) is 24.1 Å². The smallest absolute Gasteiger partial charge is 0.415 e. The first-order valence-electron chi connectivity index (χ1n) is 5.37. The highest BCUT2D eigenvalue weighted by molar-refractivity contribution is 5.97. The number of rotatable bonds is 4. The Morgan fingerprint density at radius 2 is 2.00 bits per heavy atom. The number of alkyl carbamates (subject to hydrolysis) is 1. The quantitative estimate of drug-likeness (QED) is 0.629. The highest BCUT2D eigenvalue weighted by atomic mass is 16.6. The number of nitrogens with one attached hydrogen (secondary N) is 1. The zero-order valence-corrected chi connectivity index (χ0v) is 9.42. The van der Waals surface area contributed by atoms with E-state index in [0.717, 1.165) is 5.56 Å². The molecule has 94 valence electrons. The summed E-state index contributed by atoms with van der Waals surface area (Å²) in [6.07, 6.45) is -1.06. The van der Waals surface area contributed by atoms with Crippen molar-refractivity contribution >= 4 is 18.0 Å². The van der Waals surface area contributed by atoms with Crippen molar-refractivity contribution in [1.29, 1.82) is 0 Å². The molecule has 0 spiro atoms. The van der Waals surface area contributed by atoms with Crippen LogP contribution in [0.4, 0.5) is 4.79 Å². The van der Waals surface area contributed by atoms with Gasteiger partial charge in [0, 0.05) is 0 Å². The largest absolute Gasteiger partial charge is 0.461 e. The fraction of sp³-hybridized carbons (Fsp3) is 0.250. The van der Waals surface area contributed by atoms with Gasteiger partial charge in [-0.25, -0.2) is 9.59 Å². The molecule has 1 aliphatic heterocycles. The summed E-state index contributed by atoms with van der Waals surface area (Å²) in [4.78, 5) is 33.2. The molecule has 1 atom stereocenters. The van der Waals surface area contributed by atoms with Crippen molar-refractivity contribution in [2.45, 2.75) is 19.1 Å². The average molecular weight is 249 g/mol. The first-order valence-corrected chi connectivity index (χ1v) is 5.37. The number of hydrogen-bond acceptors (Lipinski definition) is 5. The van der Waals surface area contributed by atoms with Gasteiger partial charge in [0.2, 0.25) is 0 Å². The molecule has 0 unspecified atom stereocenters. The highest BCUT2D eigenvalue weighted by Gasteiger charge is 2.34. The van der Waals surface area contributed by atoms with Crippen LogP contribution in [0.2, 0.25) is 0 Å². The van der Waals surface area contributed by atoms with E-state index < -0.39 is 24.1 Å². The fourth-order valence-corrected chi connectivity index (χ4v) is 1.49. The molecule has 1 fully saturated rings. The Bertz CT molecular complexity index is 471. The van der Waals surface area contributed by atoms with Crippen molar-refractivity contribution in [2.75, 3.05) is 0 Å². The number of hydrogen-bond donors (Lipinski definition) is 1. The summed E-state index contributed by atoms with van der Waals surface area (Å²) in [5.41, 5.74) is 0.851.